The molecular formula is C12H14BrF2NOS. The first-order valence-corrected chi connectivity index (χ1v) is 7.40. The van der Waals surface area contributed by atoms with E-state index >= 15 is 0 Å². The van der Waals surface area contributed by atoms with Crippen molar-refractivity contribution in [3.05, 3.63) is 20.8 Å². The Bertz CT molecular complexity index is 449. The summed E-state index contributed by atoms with van der Waals surface area (Å²) < 4.78 is 27.1. The van der Waals surface area contributed by atoms with Crippen LogP contribution < -0.4 is 0 Å². The first-order chi connectivity index (χ1) is 8.37. The topological polar surface area (TPSA) is 20.3 Å². The van der Waals surface area contributed by atoms with E-state index in [9.17, 15) is 13.6 Å². The molecule has 1 aliphatic carbocycles. The smallest absolute Gasteiger partial charge is 0.248 e. The molecule has 1 aromatic heterocycles. The quantitative estimate of drug-likeness (QED) is 0.818. The summed E-state index contributed by atoms with van der Waals surface area (Å²) in [5, 5.41) is 1.94. The normalized spacial score (nSPS) is 22.1. The minimum atomic E-state index is -2.66. The van der Waals surface area contributed by atoms with E-state index in [1.807, 2.05) is 11.4 Å². The van der Waals surface area contributed by atoms with Crippen molar-refractivity contribution in [1.82, 2.24) is 4.90 Å². The van der Waals surface area contributed by atoms with Crippen LogP contribution in [-0.4, -0.2) is 23.8 Å². The molecule has 1 aromatic rings. The van der Waals surface area contributed by atoms with Crippen molar-refractivity contribution in [3.63, 3.8) is 0 Å². The second-order valence-corrected chi connectivity index (χ2v) is 6.63. The predicted octanol–water partition coefficient (Wildman–Crippen LogP) is 3.90. The molecule has 0 radical (unpaired) electrons. The summed E-state index contributed by atoms with van der Waals surface area (Å²) in [6, 6.07) is 1.94. The molecule has 1 fully saturated rings. The van der Waals surface area contributed by atoms with Crippen LogP contribution in [-0.2, 0) is 11.3 Å². The molecule has 1 amide bonds. The predicted molar refractivity (Wildman–Crippen MR) is 70.8 cm³/mol. The van der Waals surface area contributed by atoms with Crippen LogP contribution in [0.15, 0.2) is 15.9 Å². The lowest BCUT2D eigenvalue weighted by molar-refractivity contribution is -0.135. The Morgan fingerprint density at radius 3 is 2.89 bits per heavy atom. The van der Waals surface area contributed by atoms with Crippen LogP contribution in [0.3, 0.4) is 0 Å². The summed E-state index contributed by atoms with van der Waals surface area (Å²) in [6.07, 6.45) is -0.170. The van der Waals surface area contributed by atoms with Crippen molar-refractivity contribution in [2.24, 2.45) is 5.92 Å². The molecule has 1 heterocycles. The lowest BCUT2D eigenvalue weighted by Gasteiger charge is -2.20. The summed E-state index contributed by atoms with van der Waals surface area (Å²) in [5.74, 6) is -3.35. The highest BCUT2D eigenvalue weighted by Gasteiger charge is 2.43. The van der Waals surface area contributed by atoms with Gasteiger partial charge in [0, 0.05) is 40.5 Å². The number of carbonyl (C=O) groups is 1. The average Bonchev–Trinajstić information content (AvgIpc) is 2.83. The van der Waals surface area contributed by atoms with Gasteiger partial charge < -0.3 is 4.90 Å². The molecule has 1 saturated carbocycles. The third kappa shape index (κ3) is 3.29. The number of hydrogen-bond acceptors (Lipinski definition) is 2. The van der Waals surface area contributed by atoms with Gasteiger partial charge in [-0.25, -0.2) is 8.78 Å². The highest BCUT2D eigenvalue weighted by Crippen LogP contribution is 2.39. The fraction of sp³-hybridized carbons (Fsp3) is 0.583. The molecule has 1 aliphatic rings. The number of carbonyl (C=O) groups excluding carboxylic acids is 1. The highest BCUT2D eigenvalue weighted by molar-refractivity contribution is 9.10. The maximum atomic E-state index is 13.1. The Labute approximate surface area is 117 Å². The van der Waals surface area contributed by atoms with Crippen molar-refractivity contribution >= 4 is 33.2 Å². The number of alkyl halides is 2. The van der Waals surface area contributed by atoms with E-state index in [-0.39, 0.29) is 18.7 Å². The molecule has 0 bridgehead atoms. The van der Waals surface area contributed by atoms with Gasteiger partial charge in [-0.15, -0.1) is 11.3 Å². The van der Waals surface area contributed by atoms with Crippen LogP contribution in [0, 0.1) is 5.92 Å². The largest absolute Gasteiger partial charge is 0.340 e. The van der Waals surface area contributed by atoms with Crippen molar-refractivity contribution in [3.8, 4) is 0 Å². The van der Waals surface area contributed by atoms with Gasteiger partial charge in [-0.05, 0) is 28.4 Å². The maximum absolute atomic E-state index is 13.1. The van der Waals surface area contributed by atoms with Crippen LogP contribution in [0.5, 0.6) is 0 Å². The van der Waals surface area contributed by atoms with Gasteiger partial charge in [0.25, 0.3) is 0 Å². The van der Waals surface area contributed by atoms with Gasteiger partial charge in [0.1, 0.15) is 0 Å². The van der Waals surface area contributed by atoms with Crippen LogP contribution >= 0.6 is 27.3 Å². The van der Waals surface area contributed by atoms with E-state index in [0.29, 0.717) is 13.0 Å². The number of nitrogens with zero attached hydrogens (tertiary/aromatic N) is 1. The van der Waals surface area contributed by atoms with Gasteiger partial charge in [-0.2, -0.15) is 0 Å². The summed E-state index contributed by atoms with van der Waals surface area (Å²) in [7, 11) is 1.67. The van der Waals surface area contributed by atoms with Crippen molar-refractivity contribution in [2.45, 2.75) is 31.7 Å². The first-order valence-electron chi connectivity index (χ1n) is 5.73. The fourth-order valence-corrected chi connectivity index (χ4v) is 3.72. The molecule has 6 heteroatoms. The van der Waals surface area contributed by atoms with Crippen LogP contribution in [0.1, 0.15) is 24.1 Å². The SMILES string of the molecule is CN(Cc1cc(Br)cs1)C(=O)C1CCC(F)(F)C1. The van der Waals surface area contributed by atoms with E-state index in [4.69, 9.17) is 0 Å². The zero-order valence-corrected chi connectivity index (χ0v) is 12.4. The Morgan fingerprint density at radius 1 is 1.67 bits per heavy atom. The van der Waals surface area contributed by atoms with E-state index in [0.717, 1.165) is 9.35 Å². The van der Waals surface area contributed by atoms with Crippen molar-refractivity contribution in [2.75, 3.05) is 7.05 Å². The molecule has 0 aromatic carbocycles. The van der Waals surface area contributed by atoms with Gasteiger partial charge in [-0.1, -0.05) is 0 Å². The number of thiophene rings is 1. The van der Waals surface area contributed by atoms with Crippen molar-refractivity contribution < 1.29 is 13.6 Å². The summed E-state index contributed by atoms with van der Waals surface area (Å²) in [4.78, 5) is 14.6. The first kappa shape index (κ1) is 13.9. The molecule has 18 heavy (non-hydrogen) atoms. The number of amides is 1. The third-order valence-electron chi connectivity index (χ3n) is 3.14. The molecule has 100 valence electrons. The fourth-order valence-electron chi connectivity index (χ4n) is 2.22. The average molecular weight is 338 g/mol. The van der Waals surface area contributed by atoms with Crippen LogP contribution in [0.2, 0.25) is 0 Å². The van der Waals surface area contributed by atoms with Crippen LogP contribution in [0.25, 0.3) is 0 Å². The second kappa shape index (κ2) is 5.25. The molecule has 0 spiro atoms. The van der Waals surface area contributed by atoms with E-state index < -0.39 is 11.8 Å². The number of hydrogen-bond donors (Lipinski definition) is 0. The van der Waals surface area contributed by atoms with Gasteiger partial charge >= 0.3 is 0 Å². The minimum absolute atomic E-state index is 0.165. The lowest BCUT2D eigenvalue weighted by Crippen LogP contribution is -2.31. The Morgan fingerprint density at radius 2 is 2.39 bits per heavy atom. The number of halogens is 3. The van der Waals surface area contributed by atoms with E-state index in [1.54, 1.807) is 23.3 Å². The molecule has 1 unspecified atom stereocenters. The Hall–Kier alpha value is -0.490. The van der Waals surface area contributed by atoms with Gasteiger partial charge in [-0.3, -0.25) is 4.79 Å². The molecule has 2 rings (SSSR count). The van der Waals surface area contributed by atoms with Gasteiger partial charge in [0.2, 0.25) is 11.8 Å². The number of rotatable bonds is 3. The summed E-state index contributed by atoms with van der Waals surface area (Å²) in [5.41, 5.74) is 0. The minimum Gasteiger partial charge on any atom is -0.340 e. The summed E-state index contributed by atoms with van der Waals surface area (Å²) in [6.45, 7) is 0.483. The van der Waals surface area contributed by atoms with E-state index in [1.165, 1.54) is 0 Å². The highest BCUT2D eigenvalue weighted by atomic mass is 79.9. The maximum Gasteiger partial charge on any atom is 0.248 e. The van der Waals surface area contributed by atoms with E-state index in [2.05, 4.69) is 15.9 Å². The summed E-state index contributed by atoms with van der Waals surface area (Å²) >= 11 is 4.90. The van der Waals surface area contributed by atoms with Crippen molar-refractivity contribution in [1.29, 1.82) is 0 Å². The second-order valence-electron chi connectivity index (χ2n) is 4.72. The van der Waals surface area contributed by atoms with Gasteiger partial charge in [0.05, 0.1) is 6.54 Å². The zero-order valence-electron chi connectivity index (χ0n) is 9.96. The zero-order chi connectivity index (χ0) is 13.3. The molecule has 2 nitrogen and oxygen atoms in total. The molecule has 0 aliphatic heterocycles. The molecule has 0 saturated heterocycles. The Kier molecular flexibility index (Phi) is 4.06. The molecular weight excluding hydrogens is 324 g/mol. The standard InChI is InChI=1S/C12H14BrF2NOS/c1-16(6-10-4-9(13)7-18-10)11(17)8-2-3-12(14,15)5-8/h4,7-8H,2-3,5-6H2,1H3. The van der Waals surface area contributed by atoms with Crippen LogP contribution in [0.4, 0.5) is 8.78 Å². The Balaban J connectivity index is 1.93. The molecule has 0 N–H and O–H groups in total. The third-order valence-corrected chi connectivity index (χ3v) is 4.83. The molecule has 1 atom stereocenters. The van der Waals surface area contributed by atoms with Gasteiger partial charge in [0.15, 0.2) is 0 Å². The monoisotopic (exact) mass is 337 g/mol. The lowest BCUT2D eigenvalue weighted by atomic mass is 10.1.